The molecule has 0 aromatic heterocycles. The lowest BCUT2D eigenvalue weighted by molar-refractivity contribution is 0.207. The normalized spacial score (nSPS) is 17.5. The highest BCUT2D eigenvalue weighted by Gasteiger charge is 2.21. The van der Waals surface area contributed by atoms with Crippen molar-refractivity contribution in [2.24, 2.45) is 0 Å². The van der Waals surface area contributed by atoms with Crippen molar-refractivity contribution in [1.82, 2.24) is 4.90 Å². The molecular weight excluding hydrogens is 270 g/mol. The number of aliphatic hydroxyl groups excluding tert-OH is 1. The van der Waals surface area contributed by atoms with Crippen LogP contribution in [0.5, 0.6) is 0 Å². The first kappa shape index (κ1) is 15.8. The summed E-state index contributed by atoms with van der Waals surface area (Å²) in [5, 5.41) is 9.68. The van der Waals surface area contributed by atoms with E-state index in [4.69, 9.17) is 16.7 Å². The lowest BCUT2D eigenvalue weighted by Crippen LogP contribution is -2.33. The molecule has 112 valence electrons. The Morgan fingerprint density at radius 2 is 1.75 bits per heavy atom. The van der Waals surface area contributed by atoms with Gasteiger partial charge in [-0.2, -0.15) is 0 Å². The summed E-state index contributed by atoms with van der Waals surface area (Å²) in [5.41, 5.74) is 1.33. The molecule has 1 heterocycles. The Kier molecular flexibility index (Phi) is 6.85. The molecule has 0 atom stereocenters. The van der Waals surface area contributed by atoms with Gasteiger partial charge in [0.15, 0.2) is 0 Å². The number of nitrogens with zero attached hydrogens (tertiary/aromatic N) is 1. The molecule has 20 heavy (non-hydrogen) atoms. The van der Waals surface area contributed by atoms with Gasteiger partial charge in [0.25, 0.3) is 0 Å². The van der Waals surface area contributed by atoms with Gasteiger partial charge in [0, 0.05) is 11.6 Å². The minimum absolute atomic E-state index is 0.337. The smallest absolute Gasteiger partial charge is 0.0440 e. The summed E-state index contributed by atoms with van der Waals surface area (Å²) in [6, 6.07) is 8.28. The number of likely N-dealkylation sites (tertiary alicyclic amines) is 1. The van der Waals surface area contributed by atoms with Crippen molar-refractivity contribution in [3.8, 4) is 0 Å². The van der Waals surface area contributed by atoms with E-state index in [0.29, 0.717) is 12.5 Å². The molecule has 0 saturated carbocycles. The molecule has 2 nitrogen and oxygen atoms in total. The van der Waals surface area contributed by atoms with E-state index < -0.39 is 0 Å². The van der Waals surface area contributed by atoms with Crippen molar-refractivity contribution in [2.75, 3.05) is 26.2 Å². The molecule has 1 saturated heterocycles. The minimum atomic E-state index is 0.337. The third-order valence-electron chi connectivity index (χ3n) is 4.32. The average molecular weight is 296 g/mol. The van der Waals surface area contributed by atoms with E-state index in [0.717, 1.165) is 17.9 Å². The Balaban J connectivity index is 1.69. The van der Waals surface area contributed by atoms with E-state index in [9.17, 15) is 0 Å². The predicted molar refractivity (Wildman–Crippen MR) is 85.4 cm³/mol. The first-order chi connectivity index (χ1) is 9.81. The second-order valence-electron chi connectivity index (χ2n) is 5.78. The van der Waals surface area contributed by atoms with Gasteiger partial charge in [0.1, 0.15) is 0 Å². The number of hydrogen-bond donors (Lipinski definition) is 1. The predicted octanol–water partition coefficient (Wildman–Crippen LogP) is 4.07. The Hall–Kier alpha value is -0.570. The zero-order valence-electron chi connectivity index (χ0n) is 12.2. The SMILES string of the molecule is OCCCCCCN1CCC(c2ccccc2Cl)CC1. The fraction of sp³-hybridized carbons (Fsp3) is 0.647. The molecule has 1 fully saturated rings. The van der Waals surface area contributed by atoms with Crippen LogP contribution in [0.4, 0.5) is 0 Å². The maximum Gasteiger partial charge on any atom is 0.0440 e. The number of hydrogen-bond acceptors (Lipinski definition) is 2. The highest BCUT2D eigenvalue weighted by Crippen LogP contribution is 2.32. The zero-order chi connectivity index (χ0) is 14.2. The molecule has 1 aliphatic heterocycles. The van der Waals surface area contributed by atoms with E-state index >= 15 is 0 Å². The van der Waals surface area contributed by atoms with Gasteiger partial charge in [0.2, 0.25) is 0 Å². The summed E-state index contributed by atoms with van der Waals surface area (Å²) < 4.78 is 0. The van der Waals surface area contributed by atoms with Crippen LogP contribution in [-0.4, -0.2) is 36.2 Å². The topological polar surface area (TPSA) is 23.5 Å². The summed E-state index contributed by atoms with van der Waals surface area (Å²) in [7, 11) is 0. The molecule has 1 N–H and O–H groups in total. The second kappa shape index (κ2) is 8.66. The van der Waals surface area contributed by atoms with Crippen molar-refractivity contribution >= 4 is 11.6 Å². The second-order valence-corrected chi connectivity index (χ2v) is 6.18. The monoisotopic (exact) mass is 295 g/mol. The molecule has 3 heteroatoms. The third-order valence-corrected chi connectivity index (χ3v) is 4.66. The van der Waals surface area contributed by atoms with Gasteiger partial charge >= 0.3 is 0 Å². The number of rotatable bonds is 7. The van der Waals surface area contributed by atoms with Crippen LogP contribution in [0.1, 0.15) is 50.0 Å². The summed E-state index contributed by atoms with van der Waals surface area (Å²) in [6.45, 7) is 3.93. The Morgan fingerprint density at radius 1 is 1.05 bits per heavy atom. The summed E-state index contributed by atoms with van der Waals surface area (Å²) in [4.78, 5) is 2.58. The Bertz CT molecular complexity index is 388. The van der Waals surface area contributed by atoms with Crippen LogP contribution < -0.4 is 0 Å². The van der Waals surface area contributed by atoms with E-state index in [1.54, 1.807) is 0 Å². The molecule has 1 aromatic carbocycles. The van der Waals surface area contributed by atoms with Gasteiger partial charge in [-0.25, -0.2) is 0 Å². The van der Waals surface area contributed by atoms with Crippen LogP contribution in [0, 0.1) is 0 Å². The van der Waals surface area contributed by atoms with Crippen molar-refractivity contribution in [1.29, 1.82) is 0 Å². The largest absolute Gasteiger partial charge is 0.396 e. The van der Waals surface area contributed by atoms with Gasteiger partial charge < -0.3 is 10.0 Å². The maximum atomic E-state index is 8.75. The Morgan fingerprint density at radius 3 is 2.45 bits per heavy atom. The van der Waals surface area contributed by atoms with Crippen LogP contribution in [0.2, 0.25) is 5.02 Å². The molecule has 0 amide bonds. The highest BCUT2D eigenvalue weighted by atomic mass is 35.5. The van der Waals surface area contributed by atoms with E-state index in [1.165, 1.54) is 50.9 Å². The van der Waals surface area contributed by atoms with Crippen molar-refractivity contribution in [3.05, 3.63) is 34.9 Å². The number of halogens is 1. The van der Waals surface area contributed by atoms with Crippen LogP contribution in [0.25, 0.3) is 0 Å². The molecule has 2 rings (SSSR count). The minimum Gasteiger partial charge on any atom is -0.396 e. The Labute approximate surface area is 127 Å². The summed E-state index contributed by atoms with van der Waals surface area (Å²) in [5.74, 6) is 0.634. The fourth-order valence-corrected chi connectivity index (χ4v) is 3.36. The number of piperidine rings is 1. The third kappa shape index (κ3) is 4.76. The number of unbranched alkanes of at least 4 members (excludes halogenated alkanes) is 3. The highest BCUT2D eigenvalue weighted by molar-refractivity contribution is 6.31. The molecule has 0 unspecified atom stereocenters. The quantitative estimate of drug-likeness (QED) is 0.767. The zero-order valence-corrected chi connectivity index (χ0v) is 13.0. The summed E-state index contributed by atoms with van der Waals surface area (Å²) >= 11 is 6.29. The van der Waals surface area contributed by atoms with Gasteiger partial charge in [-0.3, -0.25) is 0 Å². The van der Waals surface area contributed by atoms with Crippen LogP contribution >= 0.6 is 11.6 Å². The molecule has 0 bridgehead atoms. The number of benzene rings is 1. The summed E-state index contributed by atoms with van der Waals surface area (Å²) in [6.07, 6.45) is 7.06. The molecular formula is C17H26ClNO. The van der Waals surface area contributed by atoms with Gasteiger partial charge in [-0.15, -0.1) is 0 Å². The van der Waals surface area contributed by atoms with E-state index in [-0.39, 0.29) is 0 Å². The van der Waals surface area contributed by atoms with Crippen LogP contribution in [0.3, 0.4) is 0 Å². The average Bonchev–Trinajstić information content (AvgIpc) is 2.48. The van der Waals surface area contributed by atoms with Gasteiger partial charge in [-0.05, 0) is 62.9 Å². The van der Waals surface area contributed by atoms with Crippen LogP contribution in [0.15, 0.2) is 24.3 Å². The van der Waals surface area contributed by atoms with E-state index in [2.05, 4.69) is 17.0 Å². The maximum absolute atomic E-state index is 8.75. The molecule has 1 aliphatic rings. The van der Waals surface area contributed by atoms with Crippen molar-refractivity contribution < 1.29 is 5.11 Å². The molecule has 0 aliphatic carbocycles. The van der Waals surface area contributed by atoms with Crippen molar-refractivity contribution in [2.45, 2.75) is 44.4 Å². The molecule has 1 aromatic rings. The van der Waals surface area contributed by atoms with Crippen LogP contribution in [-0.2, 0) is 0 Å². The molecule has 0 spiro atoms. The van der Waals surface area contributed by atoms with E-state index in [1.807, 2.05) is 12.1 Å². The lowest BCUT2D eigenvalue weighted by atomic mass is 9.89. The standard InChI is InChI=1S/C17H26ClNO/c18-17-8-4-3-7-16(17)15-9-12-19(13-10-15)11-5-1-2-6-14-20/h3-4,7-8,15,20H,1-2,5-6,9-14H2. The fourth-order valence-electron chi connectivity index (χ4n) is 3.07. The van der Waals surface area contributed by atoms with Crippen molar-refractivity contribution in [3.63, 3.8) is 0 Å². The first-order valence-electron chi connectivity index (χ1n) is 7.89. The molecule has 0 radical (unpaired) electrons. The van der Waals surface area contributed by atoms with Gasteiger partial charge in [-0.1, -0.05) is 42.6 Å². The lowest BCUT2D eigenvalue weighted by Gasteiger charge is -2.32. The number of aliphatic hydroxyl groups is 1. The first-order valence-corrected chi connectivity index (χ1v) is 8.26. The van der Waals surface area contributed by atoms with Gasteiger partial charge in [0.05, 0.1) is 0 Å².